The molecule has 0 radical (unpaired) electrons. The molecule has 2 amide bonds. The second-order valence-electron chi connectivity index (χ2n) is 5.03. The van der Waals surface area contributed by atoms with Gasteiger partial charge in [0.25, 0.3) is 5.91 Å². The van der Waals surface area contributed by atoms with Crippen LogP contribution in [0.25, 0.3) is 0 Å². The van der Waals surface area contributed by atoms with Crippen molar-refractivity contribution in [3.63, 3.8) is 0 Å². The van der Waals surface area contributed by atoms with Crippen molar-refractivity contribution in [1.82, 2.24) is 0 Å². The number of nitrogens with one attached hydrogen (secondary N) is 1. The van der Waals surface area contributed by atoms with Crippen LogP contribution in [0.3, 0.4) is 0 Å². The van der Waals surface area contributed by atoms with E-state index in [2.05, 4.69) is 5.32 Å². The third-order valence-electron chi connectivity index (χ3n) is 3.20. The molecular formula is C17H15FN2O4. The van der Waals surface area contributed by atoms with Gasteiger partial charge < -0.3 is 15.8 Å². The maximum Gasteiger partial charge on any atom is 0.338 e. The van der Waals surface area contributed by atoms with Crippen LogP contribution in [0.2, 0.25) is 0 Å². The summed E-state index contributed by atoms with van der Waals surface area (Å²) in [6.07, 6.45) is 0. The second-order valence-corrected chi connectivity index (χ2v) is 5.03. The van der Waals surface area contributed by atoms with Gasteiger partial charge in [-0.1, -0.05) is 6.07 Å². The highest BCUT2D eigenvalue weighted by Crippen LogP contribution is 2.11. The Kier molecular flexibility index (Phi) is 5.26. The molecule has 3 N–H and O–H groups in total. The van der Waals surface area contributed by atoms with Gasteiger partial charge in [0.2, 0.25) is 5.91 Å². The lowest BCUT2D eigenvalue weighted by Gasteiger charge is -2.07. The van der Waals surface area contributed by atoms with Crippen LogP contribution in [0.1, 0.15) is 26.3 Å². The van der Waals surface area contributed by atoms with Crippen LogP contribution in [0.5, 0.6) is 0 Å². The molecule has 24 heavy (non-hydrogen) atoms. The van der Waals surface area contributed by atoms with Crippen molar-refractivity contribution >= 4 is 23.5 Å². The zero-order valence-corrected chi connectivity index (χ0v) is 12.8. The van der Waals surface area contributed by atoms with Crippen molar-refractivity contribution in [2.45, 2.75) is 6.92 Å². The molecule has 0 aliphatic rings. The SMILES string of the molecule is Cc1ccc(C(=O)OCC(=O)Nc2ccc(C(N)=O)cc2)cc1F. The fourth-order valence-electron chi connectivity index (χ4n) is 1.85. The van der Waals surface area contributed by atoms with E-state index >= 15 is 0 Å². The van der Waals surface area contributed by atoms with Crippen LogP contribution in [0, 0.1) is 12.7 Å². The standard InChI is InChI=1S/C17H15FN2O4/c1-10-2-3-12(8-14(10)18)17(23)24-9-15(21)20-13-6-4-11(5-7-13)16(19)22/h2-8H,9H2,1H3,(H2,19,22)(H,20,21). The molecule has 0 bridgehead atoms. The average Bonchev–Trinajstić information content (AvgIpc) is 2.55. The zero-order chi connectivity index (χ0) is 17.7. The fraction of sp³-hybridized carbons (Fsp3) is 0.118. The molecule has 0 atom stereocenters. The first-order valence-electron chi connectivity index (χ1n) is 7.00. The number of esters is 1. The molecule has 7 heteroatoms. The maximum absolute atomic E-state index is 13.4. The minimum absolute atomic E-state index is 0.0247. The van der Waals surface area contributed by atoms with Gasteiger partial charge in [0, 0.05) is 11.3 Å². The summed E-state index contributed by atoms with van der Waals surface area (Å²) in [5.41, 5.74) is 6.27. The summed E-state index contributed by atoms with van der Waals surface area (Å²) in [5, 5.41) is 2.49. The Morgan fingerprint density at radius 2 is 1.71 bits per heavy atom. The first-order valence-corrected chi connectivity index (χ1v) is 7.00. The minimum atomic E-state index is -0.798. The number of amides is 2. The Morgan fingerprint density at radius 1 is 1.08 bits per heavy atom. The minimum Gasteiger partial charge on any atom is -0.452 e. The van der Waals surface area contributed by atoms with E-state index in [1.165, 1.54) is 36.4 Å². The monoisotopic (exact) mass is 330 g/mol. The number of carbonyl (C=O) groups is 3. The predicted octanol–water partition coefficient (Wildman–Crippen LogP) is 2.03. The van der Waals surface area contributed by atoms with Crippen LogP contribution >= 0.6 is 0 Å². The second kappa shape index (κ2) is 7.36. The van der Waals surface area contributed by atoms with Crippen molar-refractivity contribution in [3.05, 3.63) is 65.0 Å². The number of halogens is 1. The van der Waals surface area contributed by atoms with Crippen LogP contribution in [-0.2, 0) is 9.53 Å². The zero-order valence-electron chi connectivity index (χ0n) is 12.8. The molecule has 0 spiro atoms. The number of hydrogen-bond acceptors (Lipinski definition) is 4. The van der Waals surface area contributed by atoms with Crippen molar-refractivity contribution in [2.24, 2.45) is 5.73 Å². The molecular weight excluding hydrogens is 315 g/mol. The maximum atomic E-state index is 13.4. The Balaban J connectivity index is 1.89. The first-order chi connectivity index (χ1) is 11.4. The summed E-state index contributed by atoms with van der Waals surface area (Å²) in [4.78, 5) is 34.4. The van der Waals surface area contributed by atoms with Crippen molar-refractivity contribution in [2.75, 3.05) is 11.9 Å². The molecule has 2 aromatic rings. The smallest absolute Gasteiger partial charge is 0.338 e. The van der Waals surface area contributed by atoms with Gasteiger partial charge >= 0.3 is 5.97 Å². The number of aryl methyl sites for hydroxylation is 1. The summed E-state index contributed by atoms with van der Waals surface area (Å²) < 4.78 is 18.2. The highest BCUT2D eigenvalue weighted by atomic mass is 19.1. The Labute approximate surface area is 137 Å². The third kappa shape index (κ3) is 4.39. The number of rotatable bonds is 5. The largest absolute Gasteiger partial charge is 0.452 e. The number of primary amides is 1. The van der Waals surface area contributed by atoms with E-state index in [-0.39, 0.29) is 5.56 Å². The van der Waals surface area contributed by atoms with Gasteiger partial charge in [0.15, 0.2) is 6.61 Å². The number of benzene rings is 2. The Morgan fingerprint density at radius 3 is 2.29 bits per heavy atom. The van der Waals surface area contributed by atoms with E-state index in [4.69, 9.17) is 10.5 Å². The van der Waals surface area contributed by atoms with E-state index in [1.807, 2.05) is 0 Å². The number of carbonyl (C=O) groups excluding carboxylic acids is 3. The molecule has 0 saturated heterocycles. The molecule has 0 aliphatic heterocycles. The summed E-state index contributed by atoms with van der Waals surface area (Å²) in [6, 6.07) is 9.83. The van der Waals surface area contributed by atoms with Crippen LogP contribution < -0.4 is 11.1 Å². The van der Waals surface area contributed by atoms with Gasteiger partial charge in [0.05, 0.1) is 5.56 Å². The molecule has 124 valence electrons. The lowest BCUT2D eigenvalue weighted by molar-refractivity contribution is -0.119. The van der Waals surface area contributed by atoms with Gasteiger partial charge in [-0.05, 0) is 48.9 Å². The Hall–Kier alpha value is -3.22. The van der Waals surface area contributed by atoms with Crippen LogP contribution in [0.15, 0.2) is 42.5 Å². The number of anilines is 1. The molecule has 0 heterocycles. The number of nitrogens with two attached hydrogens (primary N) is 1. The molecule has 0 unspecified atom stereocenters. The average molecular weight is 330 g/mol. The summed E-state index contributed by atoms with van der Waals surface area (Å²) in [5.74, 6) is -2.47. The van der Waals surface area contributed by atoms with Crippen LogP contribution in [0.4, 0.5) is 10.1 Å². The van der Waals surface area contributed by atoms with E-state index in [0.29, 0.717) is 16.8 Å². The van der Waals surface area contributed by atoms with Gasteiger partial charge in [0.1, 0.15) is 5.82 Å². The highest BCUT2D eigenvalue weighted by Gasteiger charge is 2.12. The highest BCUT2D eigenvalue weighted by molar-refractivity contribution is 5.96. The number of hydrogen-bond donors (Lipinski definition) is 2. The van der Waals surface area contributed by atoms with E-state index in [1.54, 1.807) is 6.92 Å². The van der Waals surface area contributed by atoms with Gasteiger partial charge in [-0.25, -0.2) is 9.18 Å². The third-order valence-corrected chi connectivity index (χ3v) is 3.20. The van der Waals surface area contributed by atoms with E-state index in [0.717, 1.165) is 6.07 Å². The summed E-state index contributed by atoms with van der Waals surface area (Å²) in [6.45, 7) is 1.05. The van der Waals surface area contributed by atoms with Crippen molar-refractivity contribution in [3.8, 4) is 0 Å². The normalized spacial score (nSPS) is 10.1. The van der Waals surface area contributed by atoms with Crippen LogP contribution in [-0.4, -0.2) is 24.4 Å². The molecule has 2 aromatic carbocycles. The molecule has 0 fully saturated rings. The summed E-state index contributed by atoms with van der Waals surface area (Å²) in [7, 11) is 0. The van der Waals surface area contributed by atoms with Crippen molar-refractivity contribution in [1.29, 1.82) is 0 Å². The molecule has 0 aliphatic carbocycles. The van der Waals surface area contributed by atoms with Gasteiger partial charge in [-0.2, -0.15) is 0 Å². The molecule has 0 saturated carbocycles. The van der Waals surface area contributed by atoms with Gasteiger partial charge in [-0.15, -0.1) is 0 Å². The molecule has 2 rings (SSSR count). The first kappa shape index (κ1) is 17.1. The Bertz CT molecular complexity index is 788. The quantitative estimate of drug-likeness (QED) is 0.820. The predicted molar refractivity (Wildman–Crippen MR) is 85.0 cm³/mol. The molecule has 0 aromatic heterocycles. The number of ether oxygens (including phenoxy) is 1. The topological polar surface area (TPSA) is 98.5 Å². The molecule has 6 nitrogen and oxygen atoms in total. The fourth-order valence-corrected chi connectivity index (χ4v) is 1.85. The lowest BCUT2D eigenvalue weighted by Crippen LogP contribution is -2.21. The summed E-state index contributed by atoms with van der Waals surface area (Å²) >= 11 is 0. The van der Waals surface area contributed by atoms with E-state index < -0.39 is 30.2 Å². The van der Waals surface area contributed by atoms with Gasteiger partial charge in [-0.3, -0.25) is 9.59 Å². The van der Waals surface area contributed by atoms with E-state index in [9.17, 15) is 18.8 Å². The lowest BCUT2D eigenvalue weighted by atomic mass is 10.1. The van der Waals surface area contributed by atoms with Crippen molar-refractivity contribution < 1.29 is 23.5 Å².